The maximum Gasteiger partial charge on any atom is 0.274 e. The molecule has 2 heterocycles. The van der Waals surface area contributed by atoms with E-state index < -0.39 is 9.84 Å². The van der Waals surface area contributed by atoms with Crippen molar-refractivity contribution < 1.29 is 13.2 Å². The highest BCUT2D eigenvalue weighted by Crippen LogP contribution is 2.19. The van der Waals surface area contributed by atoms with Crippen LogP contribution >= 0.6 is 0 Å². The average molecular weight is 354 g/mol. The Morgan fingerprint density at radius 2 is 2.08 bits per heavy atom. The number of nitrogens with zero attached hydrogens (tertiary/aromatic N) is 3. The molecule has 0 saturated carbocycles. The summed E-state index contributed by atoms with van der Waals surface area (Å²) in [7, 11) is -3.03. The number of unbranched alkanes of at least 4 members (excludes halogenated alkanes) is 2. The van der Waals surface area contributed by atoms with Gasteiger partial charge in [-0.05, 0) is 19.8 Å². The highest BCUT2D eigenvalue weighted by Gasteiger charge is 2.34. The van der Waals surface area contributed by atoms with Crippen molar-refractivity contribution in [1.29, 1.82) is 0 Å². The van der Waals surface area contributed by atoms with Crippen LogP contribution in [0.25, 0.3) is 0 Å². The van der Waals surface area contributed by atoms with Gasteiger partial charge in [0.05, 0.1) is 23.9 Å². The Bertz CT molecular complexity index is 646. The second kappa shape index (κ2) is 8.41. The van der Waals surface area contributed by atoms with E-state index >= 15 is 0 Å². The number of anilines is 1. The SMILES string of the molecule is CCCCCNc1cnc(C(=O)N(CC)C2CCS(=O)(=O)C2)cn1. The maximum absolute atomic E-state index is 12.6. The first-order valence-electron chi connectivity index (χ1n) is 8.54. The number of hydrogen-bond acceptors (Lipinski definition) is 6. The van der Waals surface area contributed by atoms with Gasteiger partial charge in [0.15, 0.2) is 9.84 Å². The van der Waals surface area contributed by atoms with Crippen LogP contribution < -0.4 is 5.32 Å². The molecule has 1 unspecified atom stereocenters. The fourth-order valence-corrected chi connectivity index (χ4v) is 4.59. The lowest BCUT2D eigenvalue weighted by Crippen LogP contribution is -2.41. The minimum atomic E-state index is -3.03. The van der Waals surface area contributed by atoms with E-state index in [4.69, 9.17) is 0 Å². The molecule has 8 heteroatoms. The van der Waals surface area contributed by atoms with E-state index in [9.17, 15) is 13.2 Å². The monoisotopic (exact) mass is 354 g/mol. The van der Waals surface area contributed by atoms with Gasteiger partial charge in [-0.3, -0.25) is 4.79 Å². The van der Waals surface area contributed by atoms with Crippen LogP contribution in [0.3, 0.4) is 0 Å². The lowest BCUT2D eigenvalue weighted by Gasteiger charge is -2.26. The minimum absolute atomic E-state index is 0.0388. The van der Waals surface area contributed by atoms with Crippen LogP contribution in [0.4, 0.5) is 5.82 Å². The van der Waals surface area contributed by atoms with Crippen LogP contribution in [0.2, 0.25) is 0 Å². The summed E-state index contributed by atoms with van der Waals surface area (Å²) >= 11 is 0. The predicted octanol–water partition coefficient (Wildman–Crippen LogP) is 1.73. The fourth-order valence-electron chi connectivity index (χ4n) is 2.86. The third kappa shape index (κ3) is 4.90. The Labute approximate surface area is 143 Å². The summed E-state index contributed by atoms with van der Waals surface area (Å²) < 4.78 is 23.3. The van der Waals surface area contributed by atoms with Crippen molar-refractivity contribution in [2.45, 2.75) is 45.6 Å². The molecule has 0 aromatic carbocycles. The number of amides is 1. The topological polar surface area (TPSA) is 92.3 Å². The average Bonchev–Trinajstić information content (AvgIpc) is 2.92. The summed E-state index contributed by atoms with van der Waals surface area (Å²) in [6, 6.07) is -0.263. The molecule has 0 spiro atoms. The Balaban J connectivity index is 1.98. The zero-order valence-corrected chi connectivity index (χ0v) is 15.2. The molecule has 1 amide bonds. The highest BCUT2D eigenvalue weighted by atomic mass is 32.2. The molecule has 1 aliphatic heterocycles. The van der Waals surface area contributed by atoms with Crippen LogP contribution in [-0.4, -0.2) is 59.8 Å². The van der Waals surface area contributed by atoms with Crippen molar-refractivity contribution >= 4 is 21.6 Å². The van der Waals surface area contributed by atoms with Gasteiger partial charge in [-0.15, -0.1) is 0 Å². The van der Waals surface area contributed by atoms with Crippen LogP contribution in [0.5, 0.6) is 0 Å². The number of rotatable bonds is 8. The summed E-state index contributed by atoms with van der Waals surface area (Å²) in [5, 5.41) is 3.18. The number of hydrogen-bond donors (Lipinski definition) is 1. The van der Waals surface area contributed by atoms with E-state index in [0.717, 1.165) is 25.8 Å². The first-order chi connectivity index (χ1) is 11.5. The van der Waals surface area contributed by atoms with Gasteiger partial charge < -0.3 is 10.2 Å². The summed E-state index contributed by atoms with van der Waals surface area (Å²) in [5.41, 5.74) is 0.250. The van der Waals surface area contributed by atoms with Crippen LogP contribution in [-0.2, 0) is 9.84 Å². The molecule has 24 heavy (non-hydrogen) atoms. The summed E-state index contributed by atoms with van der Waals surface area (Å²) in [4.78, 5) is 22.6. The van der Waals surface area contributed by atoms with Gasteiger partial charge in [0, 0.05) is 19.1 Å². The third-order valence-corrected chi connectivity index (χ3v) is 5.96. The fraction of sp³-hybridized carbons (Fsp3) is 0.688. The molecule has 2 rings (SSSR count). The van der Waals surface area contributed by atoms with Gasteiger partial charge in [0.2, 0.25) is 0 Å². The summed E-state index contributed by atoms with van der Waals surface area (Å²) in [5.74, 6) is 0.573. The van der Waals surface area contributed by atoms with Gasteiger partial charge in [0.1, 0.15) is 11.5 Å². The second-order valence-corrected chi connectivity index (χ2v) is 8.30. The number of carbonyl (C=O) groups is 1. The van der Waals surface area contributed by atoms with Gasteiger partial charge >= 0.3 is 0 Å². The van der Waals surface area contributed by atoms with Crippen LogP contribution in [0.15, 0.2) is 12.4 Å². The van der Waals surface area contributed by atoms with Gasteiger partial charge in [-0.1, -0.05) is 19.8 Å². The molecular formula is C16H26N4O3S. The third-order valence-electron chi connectivity index (χ3n) is 4.21. The Kier molecular flexibility index (Phi) is 6.53. The van der Waals surface area contributed by atoms with Gasteiger partial charge in [-0.2, -0.15) is 0 Å². The first-order valence-corrected chi connectivity index (χ1v) is 10.4. The van der Waals surface area contributed by atoms with Crippen LogP contribution in [0.1, 0.15) is 50.0 Å². The molecule has 1 N–H and O–H groups in total. The van der Waals surface area contributed by atoms with Crippen molar-refractivity contribution in [3.8, 4) is 0 Å². The second-order valence-electron chi connectivity index (χ2n) is 6.07. The summed E-state index contributed by atoms with van der Waals surface area (Å²) in [6.45, 7) is 5.28. The number of nitrogens with one attached hydrogen (secondary N) is 1. The van der Waals surface area contributed by atoms with Gasteiger partial charge in [-0.25, -0.2) is 18.4 Å². The molecule has 0 radical (unpaired) electrons. The normalized spacial score (nSPS) is 19.2. The molecular weight excluding hydrogens is 328 g/mol. The minimum Gasteiger partial charge on any atom is -0.369 e. The molecule has 1 aromatic rings. The molecule has 1 atom stereocenters. The Morgan fingerprint density at radius 3 is 2.62 bits per heavy atom. The number of aromatic nitrogens is 2. The Morgan fingerprint density at radius 1 is 1.29 bits per heavy atom. The van der Waals surface area contributed by atoms with Gasteiger partial charge in [0.25, 0.3) is 5.91 Å². The van der Waals surface area contributed by atoms with Crippen molar-refractivity contribution in [2.75, 3.05) is 29.9 Å². The summed E-state index contributed by atoms with van der Waals surface area (Å²) in [6.07, 6.45) is 6.89. The Hall–Kier alpha value is -1.70. The molecule has 1 aliphatic rings. The quantitative estimate of drug-likeness (QED) is 0.715. The lowest BCUT2D eigenvalue weighted by atomic mass is 10.2. The van der Waals surface area contributed by atoms with E-state index in [1.165, 1.54) is 6.20 Å². The van der Waals surface area contributed by atoms with E-state index in [2.05, 4.69) is 22.2 Å². The lowest BCUT2D eigenvalue weighted by molar-refractivity contribution is 0.0702. The number of carbonyl (C=O) groups excluding carboxylic acids is 1. The highest BCUT2D eigenvalue weighted by molar-refractivity contribution is 7.91. The molecule has 134 valence electrons. The first kappa shape index (κ1) is 18.6. The van der Waals surface area contributed by atoms with Crippen LogP contribution in [0, 0.1) is 0 Å². The van der Waals surface area contributed by atoms with E-state index in [-0.39, 0.29) is 29.1 Å². The molecule has 1 saturated heterocycles. The zero-order chi connectivity index (χ0) is 17.6. The van der Waals surface area contributed by atoms with Crippen molar-refractivity contribution in [3.63, 3.8) is 0 Å². The zero-order valence-electron chi connectivity index (χ0n) is 14.4. The van der Waals surface area contributed by atoms with Crippen molar-refractivity contribution in [2.24, 2.45) is 0 Å². The smallest absolute Gasteiger partial charge is 0.274 e. The van der Waals surface area contributed by atoms with E-state index in [1.807, 2.05) is 6.92 Å². The van der Waals surface area contributed by atoms with E-state index in [1.54, 1.807) is 11.1 Å². The van der Waals surface area contributed by atoms with Crippen molar-refractivity contribution in [1.82, 2.24) is 14.9 Å². The molecule has 1 fully saturated rings. The largest absolute Gasteiger partial charge is 0.369 e. The van der Waals surface area contributed by atoms with E-state index in [0.29, 0.717) is 18.8 Å². The predicted molar refractivity (Wildman–Crippen MR) is 93.8 cm³/mol. The maximum atomic E-state index is 12.6. The molecule has 7 nitrogen and oxygen atoms in total. The number of sulfone groups is 1. The van der Waals surface area contributed by atoms with Crippen molar-refractivity contribution in [3.05, 3.63) is 18.1 Å². The molecule has 0 aliphatic carbocycles. The standard InChI is InChI=1S/C16H26N4O3S/c1-3-5-6-8-17-15-11-18-14(10-19-15)16(21)20(4-2)13-7-9-24(22,23)12-13/h10-11,13H,3-9,12H2,1-2H3,(H,17,19). The molecule has 0 bridgehead atoms. The molecule has 1 aromatic heterocycles.